The number of carbonyl (C=O) groups excluding carboxylic acids is 1. The normalized spacial score (nSPS) is 14.2. The number of para-hydroxylation sites is 2. The van der Waals surface area contributed by atoms with Crippen LogP contribution in [-0.2, 0) is 32.0 Å². The van der Waals surface area contributed by atoms with Crippen LogP contribution in [-0.4, -0.2) is 30.1 Å². The van der Waals surface area contributed by atoms with Crippen molar-refractivity contribution in [1.82, 2.24) is 24.2 Å². The first kappa shape index (κ1) is 16.8. The first-order valence-corrected chi connectivity index (χ1v) is 9.14. The summed E-state index contributed by atoms with van der Waals surface area (Å²) >= 11 is 0. The van der Waals surface area contributed by atoms with Gasteiger partial charge in [0.15, 0.2) is 0 Å². The fraction of sp³-hybridized carbons (Fsp3) is 0.450. The molecule has 1 aliphatic rings. The SMILES string of the molecule is Cc1nn(C)c(C)c1CN(Cc1nc2ccccc2n1C)C(=O)C1CC1. The van der Waals surface area contributed by atoms with E-state index in [-0.39, 0.29) is 11.8 Å². The van der Waals surface area contributed by atoms with Crippen molar-refractivity contribution in [3.8, 4) is 0 Å². The van der Waals surface area contributed by atoms with Crippen LogP contribution in [0.2, 0.25) is 0 Å². The molecule has 1 amide bonds. The number of nitrogens with zero attached hydrogens (tertiary/aromatic N) is 5. The Labute approximate surface area is 153 Å². The summed E-state index contributed by atoms with van der Waals surface area (Å²) in [6.07, 6.45) is 2.01. The summed E-state index contributed by atoms with van der Waals surface area (Å²) < 4.78 is 3.98. The molecular formula is C20H25N5O. The molecule has 6 heteroatoms. The Morgan fingerprint density at radius 3 is 2.54 bits per heavy atom. The molecular weight excluding hydrogens is 326 g/mol. The lowest BCUT2D eigenvalue weighted by Crippen LogP contribution is -2.32. The molecule has 0 N–H and O–H groups in total. The highest BCUT2D eigenvalue weighted by molar-refractivity contribution is 5.81. The first-order chi connectivity index (χ1) is 12.5. The van der Waals surface area contributed by atoms with Crippen molar-refractivity contribution < 1.29 is 4.79 Å². The Morgan fingerprint density at radius 1 is 1.19 bits per heavy atom. The maximum absolute atomic E-state index is 12.9. The molecule has 6 nitrogen and oxygen atoms in total. The maximum Gasteiger partial charge on any atom is 0.226 e. The third-order valence-electron chi connectivity index (χ3n) is 5.46. The molecule has 1 saturated carbocycles. The maximum atomic E-state index is 12.9. The van der Waals surface area contributed by atoms with Crippen LogP contribution in [0.1, 0.15) is 35.6 Å². The van der Waals surface area contributed by atoms with Crippen molar-refractivity contribution in [2.75, 3.05) is 0 Å². The molecule has 3 aromatic rings. The van der Waals surface area contributed by atoms with Gasteiger partial charge in [-0.15, -0.1) is 0 Å². The summed E-state index contributed by atoms with van der Waals surface area (Å²) in [5.41, 5.74) is 5.30. The van der Waals surface area contributed by atoms with E-state index in [1.54, 1.807) is 0 Å². The van der Waals surface area contributed by atoms with Gasteiger partial charge in [-0.2, -0.15) is 5.10 Å². The van der Waals surface area contributed by atoms with E-state index in [2.05, 4.69) is 22.7 Å². The number of carbonyl (C=O) groups is 1. The zero-order valence-corrected chi connectivity index (χ0v) is 15.9. The molecule has 26 heavy (non-hydrogen) atoms. The molecule has 0 aliphatic heterocycles. The number of rotatable bonds is 5. The van der Waals surface area contributed by atoms with Crippen molar-refractivity contribution in [1.29, 1.82) is 0 Å². The predicted octanol–water partition coefficient (Wildman–Crippen LogP) is 2.86. The van der Waals surface area contributed by atoms with Crippen LogP contribution in [0.5, 0.6) is 0 Å². The third kappa shape index (κ3) is 2.89. The number of amides is 1. The summed E-state index contributed by atoms with van der Waals surface area (Å²) in [6, 6.07) is 8.09. The second kappa shape index (κ2) is 6.27. The second-order valence-electron chi connectivity index (χ2n) is 7.32. The van der Waals surface area contributed by atoms with E-state index in [4.69, 9.17) is 4.98 Å². The summed E-state index contributed by atoms with van der Waals surface area (Å²) in [4.78, 5) is 19.6. The van der Waals surface area contributed by atoms with Crippen molar-refractivity contribution in [3.05, 3.63) is 47.0 Å². The molecule has 0 unspecified atom stereocenters. The topological polar surface area (TPSA) is 56.0 Å². The fourth-order valence-corrected chi connectivity index (χ4v) is 3.54. The molecule has 0 radical (unpaired) electrons. The van der Waals surface area contributed by atoms with Crippen LogP contribution in [0.25, 0.3) is 11.0 Å². The molecule has 2 aromatic heterocycles. The Bertz CT molecular complexity index is 980. The number of benzene rings is 1. The van der Waals surface area contributed by atoms with Gasteiger partial charge in [0, 0.05) is 37.8 Å². The highest BCUT2D eigenvalue weighted by Gasteiger charge is 2.34. The van der Waals surface area contributed by atoms with Gasteiger partial charge in [0.25, 0.3) is 0 Å². The Morgan fingerprint density at radius 2 is 1.92 bits per heavy atom. The smallest absolute Gasteiger partial charge is 0.226 e. The van der Waals surface area contributed by atoms with Crippen LogP contribution in [0, 0.1) is 19.8 Å². The zero-order valence-electron chi connectivity index (χ0n) is 15.9. The summed E-state index contributed by atoms with van der Waals surface area (Å²) in [5.74, 6) is 1.33. The Hall–Kier alpha value is -2.63. The van der Waals surface area contributed by atoms with E-state index in [1.807, 2.05) is 48.8 Å². The molecule has 4 rings (SSSR count). The Kier molecular flexibility index (Phi) is 4.05. The minimum atomic E-state index is 0.182. The second-order valence-corrected chi connectivity index (χ2v) is 7.32. The van der Waals surface area contributed by atoms with Crippen molar-refractivity contribution in [3.63, 3.8) is 0 Å². The van der Waals surface area contributed by atoms with Gasteiger partial charge >= 0.3 is 0 Å². The van der Waals surface area contributed by atoms with E-state index < -0.39 is 0 Å². The lowest BCUT2D eigenvalue weighted by molar-refractivity contribution is -0.134. The van der Waals surface area contributed by atoms with Crippen molar-refractivity contribution in [2.45, 2.75) is 39.8 Å². The number of aromatic nitrogens is 4. The predicted molar refractivity (Wildman–Crippen MR) is 100 cm³/mol. The molecule has 0 spiro atoms. The highest BCUT2D eigenvalue weighted by Crippen LogP contribution is 2.32. The van der Waals surface area contributed by atoms with Crippen LogP contribution in [0.4, 0.5) is 0 Å². The van der Waals surface area contributed by atoms with Gasteiger partial charge in [-0.05, 0) is 38.8 Å². The average molecular weight is 351 g/mol. The zero-order chi connectivity index (χ0) is 18.4. The van der Waals surface area contributed by atoms with Crippen molar-refractivity contribution in [2.24, 2.45) is 20.0 Å². The number of imidazole rings is 1. The van der Waals surface area contributed by atoms with Gasteiger partial charge in [0.2, 0.25) is 5.91 Å². The molecule has 0 saturated heterocycles. The van der Waals surface area contributed by atoms with E-state index in [9.17, 15) is 4.79 Å². The minimum Gasteiger partial charge on any atom is -0.331 e. The van der Waals surface area contributed by atoms with Gasteiger partial charge in [0.1, 0.15) is 5.82 Å². The fourth-order valence-electron chi connectivity index (χ4n) is 3.54. The number of aryl methyl sites for hydroxylation is 3. The summed E-state index contributed by atoms with van der Waals surface area (Å²) in [6.45, 7) is 5.18. The van der Waals surface area contributed by atoms with Crippen molar-refractivity contribution >= 4 is 16.9 Å². The first-order valence-electron chi connectivity index (χ1n) is 9.14. The molecule has 1 fully saturated rings. The van der Waals surface area contributed by atoms with Gasteiger partial charge < -0.3 is 9.47 Å². The number of fused-ring (bicyclic) bond motifs is 1. The largest absolute Gasteiger partial charge is 0.331 e. The van der Waals surface area contributed by atoms with Gasteiger partial charge in [-0.3, -0.25) is 9.48 Å². The van der Waals surface area contributed by atoms with E-state index in [0.717, 1.165) is 46.7 Å². The molecule has 136 valence electrons. The summed E-state index contributed by atoms with van der Waals surface area (Å²) in [5, 5.41) is 4.50. The van der Waals surface area contributed by atoms with E-state index in [1.165, 1.54) is 0 Å². The minimum absolute atomic E-state index is 0.182. The van der Waals surface area contributed by atoms with Gasteiger partial charge in [0.05, 0.1) is 23.3 Å². The van der Waals surface area contributed by atoms with Crippen LogP contribution in [0.3, 0.4) is 0 Å². The average Bonchev–Trinajstić information content (AvgIpc) is 3.39. The highest BCUT2D eigenvalue weighted by atomic mass is 16.2. The number of hydrogen-bond acceptors (Lipinski definition) is 3. The van der Waals surface area contributed by atoms with Gasteiger partial charge in [-0.25, -0.2) is 4.98 Å². The van der Waals surface area contributed by atoms with E-state index in [0.29, 0.717) is 13.1 Å². The molecule has 1 aromatic carbocycles. The third-order valence-corrected chi connectivity index (χ3v) is 5.46. The molecule has 0 bridgehead atoms. The molecule has 2 heterocycles. The lowest BCUT2D eigenvalue weighted by atomic mass is 10.1. The number of hydrogen-bond donors (Lipinski definition) is 0. The van der Waals surface area contributed by atoms with E-state index >= 15 is 0 Å². The van der Waals surface area contributed by atoms with Crippen LogP contribution >= 0.6 is 0 Å². The molecule has 1 aliphatic carbocycles. The van der Waals surface area contributed by atoms with Gasteiger partial charge in [-0.1, -0.05) is 12.1 Å². The van der Waals surface area contributed by atoms with Crippen LogP contribution in [0.15, 0.2) is 24.3 Å². The molecule has 0 atom stereocenters. The lowest BCUT2D eigenvalue weighted by Gasteiger charge is -2.23. The monoisotopic (exact) mass is 351 g/mol. The quantitative estimate of drug-likeness (QED) is 0.710. The summed E-state index contributed by atoms with van der Waals surface area (Å²) in [7, 11) is 3.97. The van der Waals surface area contributed by atoms with Crippen LogP contribution < -0.4 is 0 Å². The standard InChI is InChI=1S/C20H25N5O/c1-13-16(14(2)24(4)22-13)11-25(20(26)15-9-10-15)12-19-21-17-7-5-6-8-18(17)23(19)3/h5-8,15H,9-12H2,1-4H3. The Balaban J connectivity index is 1.66.